The summed E-state index contributed by atoms with van der Waals surface area (Å²) in [5.41, 5.74) is 8.66. The van der Waals surface area contributed by atoms with E-state index in [2.05, 4.69) is 113 Å². The van der Waals surface area contributed by atoms with E-state index in [4.69, 9.17) is 0 Å². The molecular weight excluding hydrogens is 388 g/mol. The smallest absolute Gasteiger partial charge is 0.0619 e. The van der Waals surface area contributed by atoms with Gasteiger partial charge < -0.3 is 9.38 Å². The minimum Gasteiger partial charge on any atom is -0.354 e. The largest absolute Gasteiger partial charge is 0.354 e. The zero-order chi connectivity index (χ0) is 20.8. The molecule has 8 rings (SSSR count). The summed E-state index contributed by atoms with van der Waals surface area (Å²) in [6, 6.07) is 37.4. The van der Waals surface area contributed by atoms with Crippen molar-refractivity contribution in [3.05, 3.63) is 103 Å². The van der Waals surface area contributed by atoms with Crippen LogP contribution in [-0.2, 0) is 0 Å². The number of hydrogen-bond acceptors (Lipinski definition) is 0. The van der Waals surface area contributed by atoms with E-state index >= 15 is 0 Å². The van der Waals surface area contributed by atoms with Gasteiger partial charge in [0, 0.05) is 38.0 Å². The van der Waals surface area contributed by atoms with Crippen LogP contribution in [0.2, 0.25) is 0 Å². The Kier molecular flexibility index (Phi) is 2.91. The van der Waals surface area contributed by atoms with Gasteiger partial charge in [0.05, 0.1) is 22.1 Å². The fourth-order valence-electron chi connectivity index (χ4n) is 5.79. The molecule has 148 valence electrons. The molecule has 8 aromatic rings. The van der Waals surface area contributed by atoms with E-state index in [0.29, 0.717) is 0 Å². The minimum atomic E-state index is 1.19. The van der Waals surface area contributed by atoms with Gasteiger partial charge in [0.2, 0.25) is 0 Å². The number of nitrogens with zero attached hydrogens (tertiary/aromatic N) is 1. The maximum absolute atomic E-state index is 3.78. The number of hydrogen-bond donors (Lipinski definition) is 1. The Morgan fingerprint density at radius 3 is 2.12 bits per heavy atom. The number of aromatic nitrogens is 2. The van der Waals surface area contributed by atoms with Gasteiger partial charge in [-0.15, -0.1) is 0 Å². The fourth-order valence-corrected chi connectivity index (χ4v) is 5.79. The highest BCUT2D eigenvalue weighted by Crippen LogP contribution is 2.43. The topological polar surface area (TPSA) is 20.2 Å². The summed E-state index contributed by atoms with van der Waals surface area (Å²) in [6.07, 6.45) is 0. The van der Waals surface area contributed by atoms with Gasteiger partial charge in [0.25, 0.3) is 0 Å². The second kappa shape index (κ2) is 5.68. The first-order chi connectivity index (χ1) is 15.9. The average molecular weight is 406 g/mol. The number of benzene rings is 5. The highest BCUT2D eigenvalue weighted by Gasteiger charge is 2.20. The van der Waals surface area contributed by atoms with Gasteiger partial charge in [-0.3, -0.25) is 0 Å². The van der Waals surface area contributed by atoms with Crippen molar-refractivity contribution >= 4 is 59.9 Å². The van der Waals surface area contributed by atoms with E-state index in [-0.39, 0.29) is 0 Å². The van der Waals surface area contributed by atoms with Crippen molar-refractivity contribution in [1.82, 2.24) is 9.38 Å². The number of para-hydroxylation sites is 2. The molecule has 0 aliphatic carbocycles. The fraction of sp³-hybridized carbons (Fsp3) is 0. The van der Waals surface area contributed by atoms with Crippen LogP contribution >= 0.6 is 0 Å². The van der Waals surface area contributed by atoms with Gasteiger partial charge in [-0.2, -0.15) is 0 Å². The zero-order valence-electron chi connectivity index (χ0n) is 17.3. The van der Waals surface area contributed by atoms with Crippen LogP contribution in [-0.4, -0.2) is 9.38 Å². The second-order valence-electron chi connectivity index (χ2n) is 8.66. The van der Waals surface area contributed by atoms with E-state index in [0.717, 1.165) is 0 Å². The molecule has 0 unspecified atom stereocenters. The van der Waals surface area contributed by atoms with Crippen molar-refractivity contribution in [2.45, 2.75) is 0 Å². The summed E-state index contributed by atoms with van der Waals surface area (Å²) in [5.74, 6) is 0. The SMILES string of the molecule is c1ccc(-c2ccc3c4c2[nH]c2cccc(c5cccc6c7ccccc7n3c56)c24)cc1. The first kappa shape index (κ1) is 16.4. The van der Waals surface area contributed by atoms with Crippen LogP contribution in [0, 0.1) is 0 Å². The lowest BCUT2D eigenvalue weighted by Crippen LogP contribution is -1.87. The summed E-state index contributed by atoms with van der Waals surface area (Å²) in [7, 11) is 0. The van der Waals surface area contributed by atoms with Crippen LogP contribution < -0.4 is 0 Å². The Bertz CT molecular complexity index is 1970. The molecule has 0 radical (unpaired) electrons. The summed E-state index contributed by atoms with van der Waals surface area (Å²) < 4.78 is 2.48. The highest BCUT2D eigenvalue weighted by molar-refractivity contribution is 6.31. The molecule has 2 nitrogen and oxygen atoms in total. The molecular formula is C30H18N2. The lowest BCUT2D eigenvalue weighted by Gasteiger charge is -2.07. The van der Waals surface area contributed by atoms with Gasteiger partial charge >= 0.3 is 0 Å². The van der Waals surface area contributed by atoms with Crippen molar-refractivity contribution in [3.8, 4) is 11.1 Å². The Labute approximate surface area is 183 Å². The molecule has 3 heterocycles. The predicted octanol–water partition coefficient (Wildman–Crippen LogP) is 8.14. The second-order valence-corrected chi connectivity index (χ2v) is 8.66. The van der Waals surface area contributed by atoms with E-state index in [1.807, 2.05) is 0 Å². The molecule has 5 aromatic carbocycles. The first-order valence-electron chi connectivity index (χ1n) is 11.1. The Balaban J connectivity index is 1.77. The molecule has 0 aliphatic heterocycles. The summed E-state index contributed by atoms with van der Waals surface area (Å²) in [4.78, 5) is 3.78. The summed E-state index contributed by atoms with van der Waals surface area (Å²) in [5, 5.41) is 7.82. The molecule has 32 heavy (non-hydrogen) atoms. The maximum atomic E-state index is 3.78. The molecule has 0 amide bonds. The maximum Gasteiger partial charge on any atom is 0.0619 e. The predicted molar refractivity (Wildman–Crippen MR) is 136 cm³/mol. The van der Waals surface area contributed by atoms with Gasteiger partial charge in [-0.1, -0.05) is 84.9 Å². The molecule has 0 spiro atoms. The van der Waals surface area contributed by atoms with Crippen molar-refractivity contribution in [2.75, 3.05) is 0 Å². The molecule has 0 bridgehead atoms. The molecule has 0 saturated carbocycles. The minimum absolute atomic E-state index is 1.19. The van der Waals surface area contributed by atoms with Crippen LogP contribution in [0.25, 0.3) is 71.0 Å². The van der Waals surface area contributed by atoms with Crippen LogP contribution in [0.4, 0.5) is 0 Å². The van der Waals surface area contributed by atoms with Gasteiger partial charge in [-0.05, 0) is 29.1 Å². The van der Waals surface area contributed by atoms with Crippen molar-refractivity contribution in [3.63, 3.8) is 0 Å². The normalized spacial score (nSPS) is 12.4. The third-order valence-electron chi connectivity index (χ3n) is 7.07. The third kappa shape index (κ3) is 1.86. The molecule has 0 aliphatic rings. The van der Waals surface area contributed by atoms with Crippen molar-refractivity contribution < 1.29 is 0 Å². The molecule has 0 saturated heterocycles. The molecule has 2 heteroatoms. The van der Waals surface area contributed by atoms with Crippen LogP contribution in [0.15, 0.2) is 103 Å². The van der Waals surface area contributed by atoms with Gasteiger partial charge in [0.1, 0.15) is 0 Å². The number of aromatic amines is 1. The first-order valence-corrected chi connectivity index (χ1v) is 11.1. The van der Waals surface area contributed by atoms with E-state index < -0.39 is 0 Å². The van der Waals surface area contributed by atoms with Gasteiger partial charge in [0.15, 0.2) is 0 Å². The summed E-state index contributed by atoms with van der Waals surface area (Å²) in [6.45, 7) is 0. The molecule has 3 aromatic heterocycles. The van der Waals surface area contributed by atoms with E-state index in [1.165, 1.54) is 71.0 Å². The monoisotopic (exact) mass is 406 g/mol. The lowest BCUT2D eigenvalue weighted by atomic mass is 10.00. The van der Waals surface area contributed by atoms with Crippen LogP contribution in [0.1, 0.15) is 0 Å². The van der Waals surface area contributed by atoms with E-state index in [9.17, 15) is 0 Å². The number of fused-ring (bicyclic) bond motifs is 5. The molecule has 0 fully saturated rings. The van der Waals surface area contributed by atoms with Crippen molar-refractivity contribution in [2.24, 2.45) is 0 Å². The summed E-state index contributed by atoms with van der Waals surface area (Å²) >= 11 is 0. The Morgan fingerprint density at radius 1 is 0.500 bits per heavy atom. The molecule has 0 atom stereocenters. The van der Waals surface area contributed by atoms with Crippen LogP contribution in [0.3, 0.4) is 0 Å². The average Bonchev–Trinajstić information content (AvgIpc) is 3.36. The standard InChI is InChI=1S/C30H18N2/c1-2-8-18(9-3-1)19-16-17-26-28-27-21(11-7-14-24(27)31-29(19)28)23-13-6-12-22-20-10-4-5-15-25(20)32(26)30(22)23/h1-17,31H. The Morgan fingerprint density at radius 2 is 1.22 bits per heavy atom. The third-order valence-corrected chi connectivity index (χ3v) is 7.07. The lowest BCUT2D eigenvalue weighted by molar-refractivity contribution is 1.36. The number of H-pyrrole nitrogens is 1. The zero-order valence-corrected chi connectivity index (χ0v) is 17.3. The highest BCUT2D eigenvalue weighted by atomic mass is 14.9. The Hall–Kier alpha value is -4.30. The van der Waals surface area contributed by atoms with Crippen molar-refractivity contribution in [1.29, 1.82) is 0 Å². The number of rotatable bonds is 1. The number of nitrogens with one attached hydrogen (secondary N) is 1. The van der Waals surface area contributed by atoms with Gasteiger partial charge in [-0.25, -0.2) is 0 Å². The van der Waals surface area contributed by atoms with Crippen LogP contribution in [0.5, 0.6) is 0 Å². The molecule has 1 N–H and O–H groups in total. The van der Waals surface area contributed by atoms with E-state index in [1.54, 1.807) is 0 Å². The quantitative estimate of drug-likeness (QED) is 0.284.